The van der Waals surface area contributed by atoms with Gasteiger partial charge in [0.1, 0.15) is 11.4 Å². The second kappa shape index (κ2) is 3.71. The minimum absolute atomic E-state index is 0.150. The molecule has 0 amide bonds. The summed E-state index contributed by atoms with van der Waals surface area (Å²) in [6.45, 7) is 1.38. The van der Waals surface area contributed by atoms with E-state index in [1.54, 1.807) is 0 Å². The lowest BCUT2D eigenvalue weighted by Gasteiger charge is -2.01. The van der Waals surface area contributed by atoms with Gasteiger partial charge in [-0.25, -0.2) is 4.39 Å². The van der Waals surface area contributed by atoms with Crippen molar-refractivity contribution in [3.63, 3.8) is 0 Å². The lowest BCUT2D eigenvalue weighted by atomic mass is 10.1. The highest BCUT2D eigenvalue weighted by Crippen LogP contribution is 2.25. The SMILES string of the molecule is Cc1cc(F)cc([N+](=O)[O-])c1C(=O)Cl. The van der Waals surface area contributed by atoms with Crippen LogP contribution in [0.15, 0.2) is 12.1 Å². The van der Waals surface area contributed by atoms with E-state index in [0.717, 1.165) is 6.07 Å². The summed E-state index contributed by atoms with van der Waals surface area (Å²) < 4.78 is 12.8. The Kier molecular flexibility index (Phi) is 2.81. The summed E-state index contributed by atoms with van der Waals surface area (Å²) in [7, 11) is 0. The number of carbonyl (C=O) groups excluding carboxylic acids is 1. The summed E-state index contributed by atoms with van der Waals surface area (Å²) in [5.74, 6) is -0.768. The highest BCUT2D eigenvalue weighted by Gasteiger charge is 2.22. The Balaban J connectivity index is 3.52. The maximum Gasteiger partial charge on any atom is 0.284 e. The topological polar surface area (TPSA) is 60.2 Å². The Hall–Kier alpha value is -1.49. The van der Waals surface area contributed by atoms with Gasteiger partial charge in [0.05, 0.1) is 11.0 Å². The minimum atomic E-state index is -0.964. The van der Waals surface area contributed by atoms with E-state index < -0.39 is 21.7 Å². The molecule has 0 aliphatic rings. The van der Waals surface area contributed by atoms with E-state index >= 15 is 0 Å². The molecule has 4 nitrogen and oxygen atoms in total. The van der Waals surface area contributed by atoms with E-state index in [1.165, 1.54) is 6.92 Å². The first kappa shape index (κ1) is 10.6. The van der Waals surface area contributed by atoms with Crippen LogP contribution in [0, 0.1) is 22.9 Å². The predicted octanol–water partition coefficient (Wildman–Crippen LogP) is 2.42. The van der Waals surface area contributed by atoms with Gasteiger partial charge in [0.25, 0.3) is 10.9 Å². The molecule has 0 heterocycles. The molecule has 6 heteroatoms. The summed E-state index contributed by atoms with van der Waals surface area (Å²) in [5, 5.41) is 9.49. The predicted molar refractivity (Wildman–Crippen MR) is 48.0 cm³/mol. The monoisotopic (exact) mass is 217 g/mol. The number of carbonyl (C=O) groups is 1. The molecule has 0 aromatic heterocycles. The molecule has 0 atom stereocenters. The number of hydrogen-bond acceptors (Lipinski definition) is 3. The number of nitrogens with zero attached hydrogens (tertiary/aromatic N) is 1. The molecule has 0 unspecified atom stereocenters. The van der Waals surface area contributed by atoms with Crippen LogP contribution < -0.4 is 0 Å². The third-order valence-electron chi connectivity index (χ3n) is 1.67. The van der Waals surface area contributed by atoms with E-state index in [0.29, 0.717) is 6.07 Å². The maximum absolute atomic E-state index is 12.8. The van der Waals surface area contributed by atoms with Crippen LogP contribution in [-0.4, -0.2) is 10.2 Å². The van der Waals surface area contributed by atoms with Gasteiger partial charge in [-0.2, -0.15) is 0 Å². The Morgan fingerprint density at radius 2 is 2.14 bits per heavy atom. The largest absolute Gasteiger partial charge is 0.284 e. The molecule has 0 radical (unpaired) electrons. The van der Waals surface area contributed by atoms with E-state index in [9.17, 15) is 19.3 Å². The molecule has 74 valence electrons. The van der Waals surface area contributed by atoms with Crippen molar-refractivity contribution in [1.29, 1.82) is 0 Å². The van der Waals surface area contributed by atoms with Gasteiger partial charge in [-0.1, -0.05) is 0 Å². The molecule has 0 saturated heterocycles. The molecule has 1 aromatic carbocycles. The summed E-state index contributed by atoms with van der Waals surface area (Å²) in [4.78, 5) is 20.5. The second-order valence-corrected chi connectivity index (χ2v) is 2.99. The Morgan fingerprint density at radius 3 is 2.57 bits per heavy atom. The van der Waals surface area contributed by atoms with Gasteiger partial charge < -0.3 is 0 Å². The molecule has 0 aliphatic carbocycles. The van der Waals surface area contributed by atoms with Crippen molar-refractivity contribution in [2.45, 2.75) is 6.92 Å². The van der Waals surface area contributed by atoms with Gasteiger partial charge in [-0.3, -0.25) is 14.9 Å². The van der Waals surface area contributed by atoms with Crippen LogP contribution in [0.1, 0.15) is 15.9 Å². The average Bonchev–Trinajstić information content (AvgIpc) is 2.01. The van der Waals surface area contributed by atoms with Crippen molar-refractivity contribution in [2.24, 2.45) is 0 Å². The van der Waals surface area contributed by atoms with Crippen LogP contribution in [0.25, 0.3) is 0 Å². The van der Waals surface area contributed by atoms with E-state index in [2.05, 4.69) is 0 Å². The van der Waals surface area contributed by atoms with Gasteiger partial charge in [-0.15, -0.1) is 0 Å². The first-order chi connectivity index (χ1) is 6.43. The van der Waals surface area contributed by atoms with Gasteiger partial charge in [0.2, 0.25) is 0 Å². The molecule has 0 fully saturated rings. The fourth-order valence-electron chi connectivity index (χ4n) is 1.13. The number of halogens is 2. The lowest BCUT2D eigenvalue weighted by Crippen LogP contribution is -2.02. The molecule has 0 saturated carbocycles. The molecular weight excluding hydrogens is 213 g/mol. The molecule has 1 aromatic rings. The van der Waals surface area contributed by atoms with E-state index in [1.807, 2.05) is 0 Å². The highest BCUT2D eigenvalue weighted by atomic mass is 35.5. The van der Waals surface area contributed by atoms with Crippen LogP contribution >= 0.6 is 11.6 Å². The van der Waals surface area contributed by atoms with Crippen LogP contribution in [0.5, 0.6) is 0 Å². The molecular formula is C8H5ClFNO3. The minimum Gasteiger partial charge on any atom is -0.275 e. The van der Waals surface area contributed by atoms with Crippen LogP contribution in [-0.2, 0) is 0 Å². The van der Waals surface area contributed by atoms with Crippen LogP contribution in [0.3, 0.4) is 0 Å². The Bertz CT molecular complexity index is 419. The van der Waals surface area contributed by atoms with Gasteiger partial charge in [-0.05, 0) is 30.2 Å². The zero-order valence-electron chi connectivity index (χ0n) is 7.08. The van der Waals surface area contributed by atoms with Crippen molar-refractivity contribution in [3.05, 3.63) is 39.2 Å². The standard InChI is InChI=1S/C8H5ClFNO3/c1-4-2-5(10)3-6(11(13)14)7(4)8(9)12/h2-3H,1H3. The average molecular weight is 218 g/mol. The summed E-state index contributed by atoms with van der Waals surface area (Å²) in [6.07, 6.45) is 0. The van der Waals surface area contributed by atoms with Crippen molar-refractivity contribution >= 4 is 22.5 Å². The molecule has 0 bridgehead atoms. The number of benzene rings is 1. The fourth-order valence-corrected chi connectivity index (χ4v) is 1.37. The van der Waals surface area contributed by atoms with E-state index in [4.69, 9.17) is 11.6 Å². The van der Waals surface area contributed by atoms with Crippen molar-refractivity contribution < 1.29 is 14.1 Å². The first-order valence-corrected chi connectivity index (χ1v) is 3.95. The third kappa shape index (κ3) is 1.88. The van der Waals surface area contributed by atoms with Gasteiger partial charge in [0.15, 0.2) is 0 Å². The highest BCUT2D eigenvalue weighted by molar-refractivity contribution is 6.68. The number of nitro benzene ring substituents is 1. The zero-order chi connectivity index (χ0) is 10.9. The summed E-state index contributed by atoms with van der Waals surface area (Å²) in [5.41, 5.74) is -0.725. The quantitative estimate of drug-likeness (QED) is 0.434. The third-order valence-corrected chi connectivity index (χ3v) is 1.86. The molecule has 0 spiro atoms. The molecule has 1 rings (SSSR count). The number of nitro groups is 1. The van der Waals surface area contributed by atoms with Crippen LogP contribution in [0.2, 0.25) is 0 Å². The van der Waals surface area contributed by atoms with Crippen LogP contribution in [0.4, 0.5) is 10.1 Å². The Labute approximate surface area is 83.4 Å². The van der Waals surface area contributed by atoms with Crippen molar-refractivity contribution in [2.75, 3.05) is 0 Å². The molecule has 0 aliphatic heterocycles. The zero-order valence-corrected chi connectivity index (χ0v) is 7.84. The fraction of sp³-hybridized carbons (Fsp3) is 0.125. The van der Waals surface area contributed by atoms with Gasteiger partial charge in [0, 0.05) is 0 Å². The Morgan fingerprint density at radius 1 is 1.57 bits per heavy atom. The number of hydrogen-bond donors (Lipinski definition) is 0. The van der Waals surface area contributed by atoms with Gasteiger partial charge >= 0.3 is 0 Å². The number of rotatable bonds is 2. The lowest BCUT2D eigenvalue weighted by molar-refractivity contribution is -0.385. The summed E-state index contributed by atoms with van der Waals surface area (Å²) in [6, 6.07) is 1.69. The second-order valence-electron chi connectivity index (χ2n) is 2.65. The van der Waals surface area contributed by atoms with E-state index in [-0.39, 0.29) is 11.1 Å². The molecule has 14 heavy (non-hydrogen) atoms. The van der Waals surface area contributed by atoms with Crippen molar-refractivity contribution in [3.8, 4) is 0 Å². The maximum atomic E-state index is 12.8. The molecule has 0 N–H and O–H groups in total. The van der Waals surface area contributed by atoms with Crippen molar-refractivity contribution in [1.82, 2.24) is 0 Å². The summed E-state index contributed by atoms with van der Waals surface area (Å²) >= 11 is 5.14. The smallest absolute Gasteiger partial charge is 0.275 e. The first-order valence-electron chi connectivity index (χ1n) is 3.58. The normalized spacial score (nSPS) is 9.93. The number of aryl methyl sites for hydroxylation is 1.